The number of nitrogens with two attached hydrogens (primary N) is 3. The van der Waals surface area contributed by atoms with E-state index in [1.54, 1.807) is 20.2 Å². The molecule has 0 bridgehead atoms. The molecule has 2 fully saturated rings. The predicted molar refractivity (Wildman–Crippen MR) is 427 cm³/mol. The van der Waals surface area contributed by atoms with E-state index in [0.717, 1.165) is 108 Å². The first-order chi connectivity index (χ1) is 49.1. The number of aromatic amines is 1. The van der Waals surface area contributed by atoms with Gasteiger partial charge in [-0.3, -0.25) is 19.6 Å². The Bertz CT molecular complexity index is 5150. The van der Waals surface area contributed by atoms with Crippen molar-refractivity contribution in [3.05, 3.63) is 138 Å². The zero-order valence-electron chi connectivity index (χ0n) is 59.5. The van der Waals surface area contributed by atoms with Gasteiger partial charge in [0.25, 0.3) is 11.5 Å². The van der Waals surface area contributed by atoms with E-state index < -0.39 is 29.7 Å². The number of esters is 2. The van der Waals surface area contributed by atoms with Crippen molar-refractivity contribution in [1.82, 2.24) is 54.8 Å². The normalized spacial score (nSPS) is 11.8. The lowest BCUT2D eigenvalue weighted by Crippen LogP contribution is -2.27. The van der Waals surface area contributed by atoms with Gasteiger partial charge in [-0.05, 0) is 207 Å². The Labute approximate surface area is 652 Å². The lowest BCUT2D eigenvalue weighted by Gasteiger charge is -2.26. The molecule has 0 amide bonds. The highest BCUT2D eigenvalue weighted by molar-refractivity contribution is 14.0. The third kappa shape index (κ3) is 26.2. The second kappa shape index (κ2) is 43.0. The molecule has 0 spiro atoms. The molecular weight excluding hydrogens is 1610 g/mol. The molecule has 2 saturated carbocycles. The highest BCUT2D eigenvalue weighted by atomic mass is 127. The van der Waals surface area contributed by atoms with Crippen LogP contribution in [0.2, 0.25) is 10.3 Å². The van der Waals surface area contributed by atoms with Gasteiger partial charge < -0.3 is 64.9 Å². The number of aromatic nitrogens is 11. The number of furan rings is 4. The van der Waals surface area contributed by atoms with Crippen LogP contribution in [0.5, 0.6) is 0 Å². The summed E-state index contributed by atoms with van der Waals surface area (Å²) in [5.41, 5.74) is 31.2. The monoisotopic (exact) mass is 1690 g/mol. The highest BCUT2D eigenvalue weighted by Gasteiger charge is 2.24. The van der Waals surface area contributed by atoms with Crippen molar-refractivity contribution in [2.24, 2.45) is 11.5 Å². The van der Waals surface area contributed by atoms with Gasteiger partial charge in [0.2, 0.25) is 34.2 Å². The molecule has 0 aromatic carbocycles. The molecule has 12 heterocycles. The molecule has 0 unspecified atom stereocenters. The van der Waals surface area contributed by atoms with E-state index in [2.05, 4.69) is 117 Å². The molecule has 2 aliphatic rings. The van der Waals surface area contributed by atoms with Crippen LogP contribution in [0.25, 0.3) is 77.7 Å². The minimum absolute atomic E-state index is 0. The molecule has 0 radical (unpaired) electrons. The average molecular weight is 1700 g/mol. The Hall–Kier alpha value is -8.97. The molecular formula is C69H86Cl5IN17O13P. The number of carboxylic acid groups (broad SMARTS) is 1. The average Bonchev–Trinajstić information content (AvgIpc) is 1.64. The van der Waals surface area contributed by atoms with E-state index in [0.29, 0.717) is 79.6 Å². The number of nitrogens with one attached hydrogen (secondary N) is 3. The Kier molecular flexibility index (Phi) is 37.0. The predicted octanol–water partition coefficient (Wildman–Crippen LogP) is 16.5. The number of carboxylic acids is 1. The Morgan fingerprint density at radius 2 is 1.07 bits per heavy atom. The van der Waals surface area contributed by atoms with Crippen LogP contribution in [0.1, 0.15) is 141 Å². The first kappa shape index (κ1) is 91.2. The van der Waals surface area contributed by atoms with Gasteiger partial charge in [0.05, 0.1) is 58.7 Å². The molecule has 12 aromatic rings. The maximum absolute atomic E-state index is 11.6. The van der Waals surface area contributed by atoms with Crippen LogP contribution in [0.4, 0.5) is 11.5 Å². The quantitative estimate of drug-likeness (QED) is 0.0146. The number of carbonyl (C=O) groups excluding carboxylic acids is 2. The van der Waals surface area contributed by atoms with Crippen LogP contribution in [0.15, 0.2) is 71.8 Å². The third-order valence-corrected chi connectivity index (χ3v) is 15.1. The highest BCUT2D eigenvalue weighted by Crippen LogP contribution is 2.61. The van der Waals surface area contributed by atoms with E-state index in [1.165, 1.54) is 51.2 Å². The van der Waals surface area contributed by atoms with Crippen molar-refractivity contribution in [2.45, 2.75) is 148 Å². The fraction of sp³-hybridized carbons (Fsp3) is 0.362. The van der Waals surface area contributed by atoms with Gasteiger partial charge in [-0.2, -0.15) is 5.26 Å². The zero-order valence-corrected chi connectivity index (χ0v) is 66.5. The number of carbonyl (C=O) groups is 3. The van der Waals surface area contributed by atoms with E-state index in [9.17, 15) is 18.9 Å². The summed E-state index contributed by atoms with van der Waals surface area (Å²) in [6.45, 7) is 23.8. The number of fused-ring (bicyclic) bond motifs is 10. The van der Waals surface area contributed by atoms with Crippen LogP contribution < -0.4 is 28.1 Å². The number of hydrogen-bond donors (Lipinski definition) is 8. The van der Waals surface area contributed by atoms with E-state index in [1.807, 2.05) is 92.6 Å². The molecule has 572 valence electrons. The van der Waals surface area contributed by atoms with Crippen molar-refractivity contribution in [3.8, 4) is 6.07 Å². The van der Waals surface area contributed by atoms with Crippen molar-refractivity contribution < 1.29 is 57.7 Å². The number of nitrogens with zero attached hydrogens (tertiary/aromatic N) is 11. The lowest BCUT2D eigenvalue weighted by molar-refractivity contribution is -0.146. The number of anilines is 2. The molecule has 30 nitrogen and oxygen atoms in total. The number of aliphatic hydroxyl groups excluding tert-OH is 1. The Morgan fingerprint density at radius 1 is 0.679 bits per heavy atom. The van der Waals surface area contributed by atoms with Crippen molar-refractivity contribution in [2.75, 3.05) is 30.9 Å². The Morgan fingerprint density at radius 3 is 1.46 bits per heavy atom. The van der Waals surface area contributed by atoms with Crippen molar-refractivity contribution >= 4 is 200 Å². The first-order valence-corrected chi connectivity index (χ1v) is 36.9. The van der Waals surface area contributed by atoms with Crippen LogP contribution in [-0.4, -0.2) is 121 Å². The summed E-state index contributed by atoms with van der Waals surface area (Å²) in [5, 5.41) is 34.1. The number of aryl methyl sites for hydroxylation is 10. The Balaban J connectivity index is 0.000000422. The number of nitriles is 1. The maximum Gasteiger partial charge on any atom is 0.376 e. The smallest absolute Gasteiger partial charge is 0.376 e. The van der Waals surface area contributed by atoms with Gasteiger partial charge in [-0.15, -0.1) is 24.0 Å². The number of ether oxygens (including phenoxy) is 2. The second-order valence-electron chi connectivity index (χ2n) is 22.9. The number of halogens is 6. The standard InChI is InChI=1S/C15H16N4O.C12H14N2O3.C11H8ClN3O.C11H9N3O2.C8H7ClN2.C4H9N.C4H8O3.C2H4O2.CH4N2.CH4.Cl3OP.HI.H2/c1-8-6-9(2)18-15-11(8)12-13(20-15)14(17-7-16-12)19-10-4-3-5-10;1-4-16-12(15)10-9(13)8-6(2)5-7(3)14-11(8)17-10;1-5-3-6(2)15-11-7(5)8-9(16-11)10(12)14-4-13-8;1-5-3-6(2)14-11-7(5)8-9(16-11)10(15)13-4-12-8;1-5-3-6(2)11-8(9)7(5)4-10;5-4-2-1-3-4;1-2-7-4(6)3-5;1-2(3)4;2-1-3;;1-5(2,3)4;;/h6-7,10H,3-5H2,1-2H3,(H,16,17,19);5H,4,13H2,1-3H3;3-4H,1-2H3;3-4H,1-2H3,(H,12,13,15);3H,1-2H3;4H,1-3,5H2;5H,2-3H2,1H3;1H3,(H,3,4);1H,(H3,2,3);1H4;;2*1H. The van der Waals surface area contributed by atoms with Crippen molar-refractivity contribution in [1.29, 1.82) is 10.7 Å². The number of rotatable bonds is 6. The number of nitrogen functional groups attached to an aromatic ring is 1. The molecule has 11 N–H and O–H groups in total. The molecule has 0 saturated heterocycles. The van der Waals surface area contributed by atoms with Crippen LogP contribution in [-0.2, 0) is 23.6 Å². The summed E-state index contributed by atoms with van der Waals surface area (Å²) in [6, 6.07) is 12.8. The van der Waals surface area contributed by atoms with E-state index in [4.69, 9.17) is 82.8 Å². The summed E-state index contributed by atoms with van der Waals surface area (Å²) >= 11 is 25.5. The fourth-order valence-electron chi connectivity index (χ4n) is 9.95. The molecule has 14 rings (SSSR count). The number of aliphatic carboxylic acids is 1. The summed E-state index contributed by atoms with van der Waals surface area (Å²) in [6.07, 6.45) is 12.7. The number of pyridine rings is 5. The number of hydrogen-bond acceptors (Lipinski definition) is 27. The first-order valence-electron chi connectivity index (χ1n) is 31.8. The van der Waals surface area contributed by atoms with Gasteiger partial charge in [0.15, 0.2) is 22.1 Å². The summed E-state index contributed by atoms with van der Waals surface area (Å²) < 4.78 is 41.0. The second-order valence-corrected chi connectivity index (χ2v) is 30.3. The number of aliphatic hydroxyl groups is 1. The fourth-order valence-corrected chi connectivity index (χ4v) is 10.4. The minimum Gasteiger partial charge on any atom is -0.481 e. The van der Waals surface area contributed by atoms with Crippen LogP contribution >= 0.6 is 86.1 Å². The summed E-state index contributed by atoms with van der Waals surface area (Å²) in [5.74, 6) is -1.14. The maximum atomic E-state index is 11.6. The van der Waals surface area contributed by atoms with Crippen LogP contribution in [0.3, 0.4) is 0 Å². The van der Waals surface area contributed by atoms with Gasteiger partial charge >= 0.3 is 17.1 Å². The van der Waals surface area contributed by atoms with Gasteiger partial charge in [-0.25, -0.2) is 59.4 Å². The molecule has 2 aliphatic carbocycles. The summed E-state index contributed by atoms with van der Waals surface area (Å²) in [4.78, 5) is 86.7. The van der Waals surface area contributed by atoms with E-state index >= 15 is 0 Å². The SMILES string of the molecule is C.CC(=O)O.CCOC(=O)CO.CCOC(=O)c1oc2nc(C)cc(C)c2c1N.Cc1cc(C)c(C#N)c(Cl)n1.Cc1cc(C)c2c(n1)oc1c(=O)[nH]cnc12.Cc1cc(C)c2c(n1)oc1c(Cl)ncnc12.Cc1cc(C)c2c(n1)oc1c(NC3CCC3)ncnc12.I.N=CN.NC1CCC1.O=P(Cl)(Cl)Cl.[HH]. The van der Waals surface area contributed by atoms with Gasteiger partial charge in [0.1, 0.15) is 47.0 Å². The van der Waals surface area contributed by atoms with Crippen LogP contribution in [0, 0.1) is 86.0 Å². The number of H-pyrrole nitrogens is 1. The summed E-state index contributed by atoms with van der Waals surface area (Å²) in [7, 11) is 0. The minimum atomic E-state index is -3.22. The third-order valence-electron chi connectivity index (χ3n) is 14.5. The van der Waals surface area contributed by atoms with Gasteiger partial charge in [0, 0.05) is 48.9 Å². The molecule has 37 heteroatoms. The molecule has 0 aliphatic heterocycles. The molecule has 106 heavy (non-hydrogen) atoms. The molecule has 0 atom stereocenters. The topological polar surface area (TPSA) is 479 Å². The lowest BCUT2D eigenvalue weighted by atomic mass is 9.93. The van der Waals surface area contributed by atoms with Gasteiger partial charge in [-0.1, -0.05) is 37.0 Å². The zero-order chi connectivity index (χ0) is 77.4. The largest absolute Gasteiger partial charge is 0.481 e. The van der Waals surface area contributed by atoms with Crippen molar-refractivity contribution in [3.63, 3.8) is 0 Å². The molecule has 12 aromatic heterocycles. The van der Waals surface area contributed by atoms with E-state index in [-0.39, 0.29) is 56.3 Å².